The summed E-state index contributed by atoms with van der Waals surface area (Å²) in [7, 11) is -3.69. The lowest BCUT2D eigenvalue weighted by Gasteiger charge is -2.44. The number of ether oxygens (including phenoxy) is 1. The average molecular weight is 792 g/mol. The average Bonchev–Trinajstić information content (AvgIpc) is 3.66. The number of carbonyl (C=O) groups excluding carboxylic acids is 2. The summed E-state index contributed by atoms with van der Waals surface area (Å²) in [5, 5.41) is 49.7. The number of hydrogen-bond acceptors (Lipinski definition) is 14. The molecule has 4 rings (SSSR count). The Hall–Kier alpha value is -3.78. The minimum Gasteiger partial charge on any atom is -0.394 e. The van der Waals surface area contributed by atoms with Gasteiger partial charge in [0.15, 0.2) is 17.7 Å². The van der Waals surface area contributed by atoms with Crippen LogP contribution < -0.4 is 16.0 Å². The highest BCUT2D eigenvalue weighted by molar-refractivity contribution is 7.86. The van der Waals surface area contributed by atoms with E-state index in [-0.39, 0.29) is 36.2 Å². The van der Waals surface area contributed by atoms with Crippen molar-refractivity contribution in [2.24, 2.45) is 0 Å². The number of hydrogen-bond donors (Lipinski definition) is 8. The second-order valence-corrected chi connectivity index (χ2v) is 15.6. The minimum absolute atomic E-state index is 0.193. The zero-order chi connectivity index (χ0) is 39.6. The van der Waals surface area contributed by atoms with Crippen LogP contribution in [0.2, 0.25) is 0 Å². The Morgan fingerprint density at radius 2 is 1.49 bits per heavy atom. The lowest BCUT2D eigenvalue weighted by Crippen LogP contribution is -2.68. The van der Waals surface area contributed by atoms with Gasteiger partial charge in [-0.3, -0.25) is 13.8 Å². The first kappa shape index (κ1) is 43.9. The van der Waals surface area contributed by atoms with E-state index in [1.807, 2.05) is 6.92 Å². The number of aliphatic hydroxyl groups excluding tert-OH is 4. The predicted molar refractivity (Wildman–Crippen MR) is 203 cm³/mol. The fourth-order valence-electron chi connectivity index (χ4n) is 6.43. The highest BCUT2D eigenvalue weighted by atomic mass is 32.2. The predicted octanol–water partition coefficient (Wildman–Crippen LogP) is 2.34. The van der Waals surface area contributed by atoms with Crippen LogP contribution >= 0.6 is 0 Å². The molecule has 18 heteroatoms. The van der Waals surface area contributed by atoms with Crippen molar-refractivity contribution in [3.63, 3.8) is 0 Å². The molecule has 0 aliphatic carbocycles. The molecule has 0 unspecified atom stereocenters. The first-order valence-corrected chi connectivity index (χ1v) is 20.6. The third-order valence-electron chi connectivity index (χ3n) is 9.62. The minimum atomic E-state index is -3.69. The molecule has 2 amide bonds. The van der Waals surface area contributed by atoms with E-state index in [2.05, 4.69) is 35.9 Å². The number of rotatable bonds is 25. The van der Waals surface area contributed by atoms with Gasteiger partial charge in [-0.05, 0) is 31.9 Å². The van der Waals surface area contributed by atoms with E-state index < -0.39 is 59.3 Å². The summed E-state index contributed by atoms with van der Waals surface area (Å²) in [6.45, 7) is 0.987. The van der Waals surface area contributed by atoms with Gasteiger partial charge in [0.25, 0.3) is 10.1 Å². The number of nitrogens with one attached hydrogen (secondary N) is 4. The highest BCUT2D eigenvalue weighted by Gasteiger charge is 2.48. The summed E-state index contributed by atoms with van der Waals surface area (Å²) in [6.07, 6.45) is 9.00. The molecule has 0 spiro atoms. The van der Waals surface area contributed by atoms with Gasteiger partial charge in [-0.2, -0.15) is 8.42 Å². The summed E-state index contributed by atoms with van der Waals surface area (Å²) in [6, 6.07) is 5.36. The van der Waals surface area contributed by atoms with Crippen molar-refractivity contribution in [2.75, 3.05) is 25.1 Å². The molecule has 1 aliphatic heterocycles. The SMILES string of the molecule is Cc1ccc(S(=O)(=O)OCCCCCCCCCCCCCCCC(=O)NCC(=O)N[C@@H]2[C@@H](O)[C@@H](O)[C@@H](Nc3ncnc4nc[nH]c34)O[C@H]2[C@@H](O)CO)cc1. The largest absolute Gasteiger partial charge is 0.394 e. The molecule has 306 valence electrons. The zero-order valence-corrected chi connectivity index (χ0v) is 32.3. The van der Waals surface area contributed by atoms with E-state index in [1.165, 1.54) is 31.9 Å². The van der Waals surface area contributed by atoms with Crippen molar-refractivity contribution in [2.45, 2.75) is 138 Å². The number of aromatic amines is 1. The Balaban J connectivity index is 0.996. The number of anilines is 1. The number of H-pyrrole nitrogens is 1. The van der Waals surface area contributed by atoms with Crippen molar-refractivity contribution in [1.82, 2.24) is 30.6 Å². The lowest BCUT2D eigenvalue weighted by molar-refractivity contribution is -0.204. The summed E-state index contributed by atoms with van der Waals surface area (Å²) >= 11 is 0. The quantitative estimate of drug-likeness (QED) is 0.0453. The summed E-state index contributed by atoms with van der Waals surface area (Å²) < 4.78 is 35.4. The summed E-state index contributed by atoms with van der Waals surface area (Å²) in [5.41, 5.74) is 1.77. The van der Waals surface area contributed by atoms with Crippen molar-refractivity contribution in [3.05, 3.63) is 42.5 Å². The van der Waals surface area contributed by atoms with Gasteiger partial charge in [-0.15, -0.1) is 0 Å². The van der Waals surface area contributed by atoms with Crippen LogP contribution in [-0.4, -0.2) is 117 Å². The van der Waals surface area contributed by atoms with Gasteiger partial charge >= 0.3 is 0 Å². The van der Waals surface area contributed by atoms with Gasteiger partial charge in [-0.1, -0.05) is 88.3 Å². The Morgan fingerprint density at radius 3 is 2.13 bits per heavy atom. The van der Waals surface area contributed by atoms with Gasteiger partial charge in [0.1, 0.15) is 36.3 Å². The number of aromatic nitrogens is 4. The number of aliphatic hydroxyl groups is 4. The van der Waals surface area contributed by atoms with E-state index in [0.29, 0.717) is 17.6 Å². The summed E-state index contributed by atoms with van der Waals surface area (Å²) in [4.78, 5) is 40.3. The van der Waals surface area contributed by atoms with Crippen LogP contribution in [0.3, 0.4) is 0 Å². The molecular weight excluding hydrogens is 735 g/mol. The molecule has 3 heterocycles. The molecule has 1 saturated heterocycles. The molecule has 17 nitrogen and oxygen atoms in total. The standard InChI is InChI=1S/C37H57N7O10S/c1-25-16-18-26(19-17-25)55(51,52)53-20-14-12-10-8-6-4-2-3-5-7-9-11-13-15-28(47)38-21-29(48)43-30-32(49)33(50)37(54-34(30)27(46)22-45)44-36-31-35(40-23-39-31)41-24-42-36/h16-19,23-24,27,30,32-34,37,45-46,49-50H,2-15,20-22H2,1H3,(H,38,47)(H,43,48)(H2,39,40,41,42,44)/t27-,30+,32+,33+,34-,37-/m0/s1. The number of imidazole rings is 1. The van der Waals surface area contributed by atoms with E-state index >= 15 is 0 Å². The molecule has 55 heavy (non-hydrogen) atoms. The Kier molecular flexibility index (Phi) is 18.1. The number of fused-ring (bicyclic) bond motifs is 1. The van der Waals surface area contributed by atoms with Crippen molar-refractivity contribution < 1.29 is 47.4 Å². The van der Waals surface area contributed by atoms with Crippen molar-refractivity contribution in [3.8, 4) is 0 Å². The Bertz CT molecular complexity index is 1710. The van der Waals surface area contributed by atoms with Crippen LogP contribution in [-0.2, 0) is 28.6 Å². The van der Waals surface area contributed by atoms with Crippen molar-refractivity contribution in [1.29, 1.82) is 0 Å². The number of unbranched alkanes of at least 4 members (excludes halogenated alkanes) is 12. The molecule has 0 radical (unpaired) electrons. The Morgan fingerprint density at radius 1 is 0.873 bits per heavy atom. The molecular formula is C37H57N7O10S. The third kappa shape index (κ3) is 14.0. The number of nitrogens with zero attached hydrogens (tertiary/aromatic N) is 3. The zero-order valence-electron chi connectivity index (χ0n) is 31.4. The molecule has 6 atom stereocenters. The lowest BCUT2D eigenvalue weighted by atomic mass is 9.92. The van der Waals surface area contributed by atoms with E-state index in [1.54, 1.807) is 24.3 Å². The van der Waals surface area contributed by atoms with Crippen LogP contribution in [0.4, 0.5) is 5.82 Å². The summed E-state index contributed by atoms with van der Waals surface area (Å²) in [5.74, 6) is -0.739. The van der Waals surface area contributed by atoms with Gasteiger partial charge in [-0.25, -0.2) is 15.0 Å². The monoisotopic (exact) mass is 791 g/mol. The first-order valence-electron chi connectivity index (χ1n) is 19.2. The maximum Gasteiger partial charge on any atom is 0.296 e. The number of aryl methyl sites for hydroxylation is 1. The van der Waals surface area contributed by atoms with Crippen LogP contribution in [0.25, 0.3) is 11.2 Å². The fraction of sp³-hybridized carbons (Fsp3) is 0.649. The number of amides is 2. The van der Waals surface area contributed by atoms with E-state index in [4.69, 9.17) is 8.92 Å². The molecule has 1 fully saturated rings. The van der Waals surface area contributed by atoms with E-state index in [9.17, 15) is 38.4 Å². The van der Waals surface area contributed by atoms with E-state index in [0.717, 1.165) is 63.4 Å². The molecule has 0 bridgehead atoms. The topological polar surface area (TPSA) is 258 Å². The van der Waals surface area contributed by atoms with Crippen LogP contribution in [0.1, 0.15) is 95.5 Å². The van der Waals surface area contributed by atoms with Crippen LogP contribution in [0, 0.1) is 6.92 Å². The van der Waals surface area contributed by atoms with Crippen LogP contribution in [0.5, 0.6) is 0 Å². The van der Waals surface area contributed by atoms with Crippen molar-refractivity contribution >= 4 is 38.9 Å². The number of carbonyl (C=O) groups is 2. The molecule has 1 aliphatic rings. The van der Waals surface area contributed by atoms with Gasteiger partial charge in [0.2, 0.25) is 11.8 Å². The second kappa shape index (κ2) is 22.7. The van der Waals surface area contributed by atoms with Crippen LogP contribution in [0.15, 0.2) is 41.8 Å². The normalized spacial score (nSPS) is 20.6. The molecule has 8 N–H and O–H groups in total. The number of benzene rings is 1. The van der Waals surface area contributed by atoms with Gasteiger partial charge in [0.05, 0.1) is 37.0 Å². The molecule has 1 aromatic carbocycles. The smallest absolute Gasteiger partial charge is 0.296 e. The first-order chi connectivity index (χ1) is 26.5. The third-order valence-corrected chi connectivity index (χ3v) is 11.0. The Labute approximate surface area is 322 Å². The fourth-order valence-corrected chi connectivity index (χ4v) is 7.37. The molecule has 3 aromatic rings. The van der Waals surface area contributed by atoms with Gasteiger partial charge < -0.3 is 46.1 Å². The maximum atomic E-state index is 12.7. The molecule has 2 aromatic heterocycles. The molecule has 0 saturated carbocycles. The van der Waals surface area contributed by atoms with Gasteiger partial charge in [0, 0.05) is 6.42 Å². The second-order valence-electron chi connectivity index (χ2n) is 14.0. The highest BCUT2D eigenvalue weighted by Crippen LogP contribution is 2.26. The maximum absolute atomic E-state index is 12.7.